The third-order valence-electron chi connectivity index (χ3n) is 4.28. The van der Waals surface area contributed by atoms with Crippen LogP contribution in [-0.4, -0.2) is 22.7 Å². The van der Waals surface area contributed by atoms with Crippen LogP contribution in [-0.2, 0) is 13.7 Å². The number of rotatable bonds is 7. The number of hydrogen-bond donors (Lipinski definition) is 0. The van der Waals surface area contributed by atoms with E-state index >= 15 is 0 Å². The Labute approximate surface area is 158 Å². The molecule has 0 aliphatic carbocycles. The van der Waals surface area contributed by atoms with Crippen molar-refractivity contribution in [2.24, 2.45) is 7.05 Å². The van der Waals surface area contributed by atoms with E-state index in [2.05, 4.69) is 5.10 Å². The highest BCUT2D eigenvalue weighted by Crippen LogP contribution is 2.24. The molecule has 1 aromatic heterocycles. The topological polar surface area (TPSA) is 53.3 Å². The van der Waals surface area contributed by atoms with Crippen LogP contribution in [0.2, 0.25) is 0 Å². The van der Waals surface area contributed by atoms with Crippen LogP contribution >= 0.6 is 0 Å². The molecule has 0 amide bonds. The van der Waals surface area contributed by atoms with E-state index in [-0.39, 0.29) is 5.78 Å². The number of hydrogen-bond acceptors (Lipinski definition) is 4. The second-order valence-corrected chi connectivity index (χ2v) is 6.16. The molecule has 0 spiro atoms. The van der Waals surface area contributed by atoms with Crippen molar-refractivity contribution in [3.63, 3.8) is 0 Å². The van der Waals surface area contributed by atoms with E-state index in [4.69, 9.17) is 9.47 Å². The number of aromatic nitrogens is 2. The molecular formula is C22H22N2O3. The lowest BCUT2D eigenvalue weighted by molar-refractivity contribution is 0.103. The zero-order valence-corrected chi connectivity index (χ0v) is 15.7. The number of para-hydroxylation sites is 1. The summed E-state index contributed by atoms with van der Waals surface area (Å²) in [6.45, 7) is 2.39. The molecule has 5 heteroatoms. The fourth-order valence-electron chi connectivity index (χ4n) is 2.76. The molecule has 0 bridgehead atoms. The Kier molecular flexibility index (Phi) is 5.71. The van der Waals surface area contributed by atoms with Gasteiger partial charge in [0.15, 0.2) is 0 Å². The molecule has 0 unspecified atom stereocenters. The smallest absolute Gasteiger partial charge is 0.203 e. The highest BCUT2D eigenvalue weighted by molar-refractivity contribution is 6.05. The Morgan fingerprint density at radius 1 is 1.15 bits per heavy atom. The average molecular weight is 362 g/mol. The zero-order chi connectivity index (χ0) is 19.2. The number of carbonyl (C=O) groups is 1. The summed E-state index contributed by atoms with van der Waals surface area (Å²) in [7, 11) is 3.38. The lowest BCUT2D eigenvalue weighted by atomic mass is 10.1. The van der Waals surface area contributed by atoms with Gasteiger partial charge in [-0.2, -0.15) is 5.10 Å². The molecule has 27 heavy (non-hydrogen) atoms. The molecule has 3 aromatic rings. The van der Waals surface area contributed by atoms with Gasteiger partial charge in [0.1, 0.15) is 23.8 Å². The van der Waals surface area contributed by atoms with Crippen molar-refractivity contribution in [3.05, 3.63) is 83.2 Å². The van der Waals surface area contributed by atoms with Crippen LogP contribution < -0.4 is 9.47 Å². The Hall–Kier alpha value is -3.34. The van der Waals surface area contributed by atoms with E-state index in [1.807, 2.05) is 49.4 Å². The first-order chi connectivity index (χ1) is 13.1. The highest BCUT2D eigenvalue weighted by atomic mass is 16.5. The van der Waals surface area contributed by atoms with E-state index in [0.29, 0.717) is 12.3 Å². The number of ether oxygens (including phenoxy) is 2. The van der Waals surface area contributed by atoms with Gasteiger partial charge >= 0.3 is 0 Å². The van der Waals surface area contributed by atoms with Gasteiger partial charge in [-0.3, -0.25) is 9.48 Å². The number of methoxy groups -OCH3 is 1. The molecule has 0 atom stereocenters. The molecular weight excluding hydrogens is 340 g/mol. The number of nitrogens with zero attached hydrogens (tertiary/aromatic N) is 2. The molecule has 0 radical (unpaired) electrons. The first kappa shape index (κ1) is 18.5. The van der Waals surface area contributed by atoms with Crippen molar-refractivity contribution in [2.75, 3.05) is 7.11 Å². The lowest BCUT2D eigenvalue weighted by Crippen LogP contribution is -2.03. The predicted octanol–water partition coefficient (Wildman–Crippen LogP) is 4.21. The molecule has 1 heterocycles. The number of aryl methyl sites for hydroxylation is 2. The van der Waals surface area contributed by atoms with Crippen molar-refractivity contribution in [2.45, 2.75) is 13.5 Å². The molecule has 0 fully saturated rings. The average Bonchev–Trinajstić information content (AvgIpc) is 3.11. The van der Waals surface area contributed by atoms with E-state index in [0.717, 1.165) is 28.2 Å². The summed E-state index contributed by atoms with van der Waals surface area (Å²) in [5.74, 6) is 1.49. The van der Waals surface area contributed by atoms with Gasteiger partial charge < -0.3 is 9.47 Å². The van der Waals surface area contributed by atoms with Gasteiger partial charge in [-0.05, 0) is 48.4 Å². The van der Waals surface area contributed by atoms with Gasteiger partial charge in [-0.15, -0.1) is 0 Å². The maximum absolute atomic E-state index is 12.3. The Morgan fingerprint density at radius 3 is 2.67 bits per heavy atom. The van der Waals surface area contributed by atoms with Gasteiger partial charge in [0.2, 0.25) is 5.78 Å². The quantitative estimate of drug-likeness (QED) is 0.467. The maximum atomic E-state index is 12.3. The summed E-state index contributed by atoms with van der Waals surface area (Å²) < 4.78 is 12.9. The first-order valence-corrected chi connectivity index (χ1v) is 8.64. The SMILES string of the molecule is COc1ccc(/C=C/C(=O)c2ccnn2C)cc1COc1ccccc1C. The minimum Gasteiger partial charge on any atom is -0.496 e. The summed E-state index contributed by atoms with van der Waals surface area (Å²) in [5, 5.41) is 4.02. The summed E-state index contributed by atoms with van der Waals surface area (Å²) in [6, 6.07) is 15.3. The predicted molar refractivity (Wildman–Crippen MR) is 105 cm³/mol. The fourth-order valence-corrected chi connectivity index (χ4v) is 2.76. The van der Waals surface area contributed by atoms with E-state index in [1.165, 1.54) is 0 Å². The van der Waals surface area contributed by atoms with Crippen molar-refractivity contribution >= 4 is 11.9 Å². The molecule has 0 aliphatic rings. The van der Waals surface area contributed by atoms with Crippen LogP contribution in [0.3, 0.4) is 0 Å². The fraction of sp³-hybridized carbons (Fsp3) is 0.182. The summed E-state index contributed by atoms with van der Waals surface area (Å²) in [5.41, 5.74) is 3.43. The third kappa shape index (κ3) is 4.44. The molecule has 138 valence electrons. The first-order valence-electron chi connectivity index (χ1n) is 8.64. The van der Waals surface area contributed by atoms with E-state index in [1.54, 1.807) is 43.3 Å². The lowest BCUT2D eigenvalue weighted by Gasteiger charge is -2.12. The Balaban J connectivity index is 1.77. The van der Waals surface area contributed by atoms with Crippen molar-refractivity contribution in [3.8, 4) is 11.5 Å². The van der Waals surface area contributed by atoms with Crippen molar-refractivity contribution in [1.82, 2.24) is 9.78 Å². The minimum absolute atomic E-state index is 0.0940. The van der Waals surface area contributed by atoms with E-state index < -0.39 is 0 Å². The molecule has 0 saturated carbocycles. The molecule has 5 nitrogen and oxygen atoms in total. The number of carbonyl (C=O) groups excluding carboxylic acids is 1. The second kappa shape index (κ2) is 8.36. The number of ketones is 1. The van der Waals surface area contributed by atoms with Gasteiger partial charge in [-0.25, -0.2) is 0 Å². The monoisotopic (exact) mass is 362 g/mol. The summed E-state index contributed by atoms with van der Waals surface area (Å²) >= 11 is 0. The third-order valence-corrected chi connectivity index (χ3v) is 4.28. The van der Waals surface area contributed by atoms with E-state index in [9.17, 15) is 4.79 Å². The van der Waals surface area contributed by atoms with Gasteiger partial charge in [0.25, 0.3) is 0 Å². The second-order valence-electron chi connectivity index (χ2n) is 6.16. The van der Waals surface area contributed by atoms with Crippen LogP contribution in [0.5, 0.6) is 11.5 Å². The van der Waals surface area contributed by atoms with Crippen LogP contribution in [0.1, 0.15) is 27.2 Å². The molecule has 0 saturated heterocycles. The highest BCUT2D eigenvalue weighted by Gasteiger charge is 2.08. The van der Waals surface area contributed by atoms with Crippen LogP contribution in [0.4, 0.5) is 0 Å². The largest absolute Gasteiger partial charge is 0.496 e. The van der Waals surface area contributed by atoms with Crippen LogP contribution in [0.25, 0.3) is 6.08 Å². The summed E-state index contributed by atoms with van der Waals surface area (Å²) in [4.78, 5) is 12.3. The maximum Gasteiger partial charge on any atom is 0.203 e. The van der Waals surface area contributed by atoms with Gasteiger partial charge in [0, 0.05) is 18.8 Å². The molecule has 3 rings (SSSR count). The molecule has 0 N–H and O–H groups in total. The standard InChI is InChI=1S/C22H22N2O3/c1-16-6-4-5-7-21(16)27-15-18-14-17(9-11-22(18)26-3)8-10-20(25)19-12-13-23-24(19)2/h4-14H,15H2,1-3H3/b10-8+. The molecule has 0 aliphatic heterocycles. The van der Waals surface area contributed by atoms with Gasteiger partial charge in [0.05, 0.1) is 7.11 Å². The van der Waals surface area contributed by atoms with Gasteiger partial charge in [-0.1, -0.05) is 30.3 Å². The van der Waals surface area contributed by atoms with Crippen LogP contribution in [0.15, 0.2) is 60.8 Å². The minimum atomic E-state index is -0.0940. The summed E-state index contributed by atoms with van der Waals surface area (Å²) in [6.07, 6.45) is 4.94. The Bertz CT molecular complexity index is 973. The van der Waals surface area contributed by atoms with Crippen molar-refractivity contribution in [1.29, 1.82) is 0 Å². The zero-order valence-electron chi connectivity index (χ0n) is 15.7. The van der Waals surface area contributed by atoms with Crippen molar-refractivity contribution < 1.29 is 14.3 Å². The Morgan fingerprint density at radius 2 is 1.96 bits per heavy atom. The van der Waals surface area contributed by atoms with Crippen LogP contribution in [0, 0.1) is 6.92 Å². The molecule has 2 aromatic carbocycles. The normalized spacial score (nSPS) is 10.9. The number of benzene rings is 2. The number of allylic oxidation sites excluding steroid dienone is 1.